The molecule has 6 N–H and O–H groups in total. The summed E-state index contributed by atoms with van der Waals surface area (Å²) in [5, 5.41) is 19.6. The van der Waals surface area contributed by atoms with Crippen LogP contribution in [0.3, 0.4) is 0 Å². The van der Waals surface area contributed by atoms with Gasteiger partial charge in [0.2, 0.25) is 23.6 Å². The molecule has 462 valence electrons. The first-order chi connectivity index (χ1) is 33.4. The molecule has 4 amide bonds. The van der Waals surface area contributed by atoms with Crippen molar-refractivity contribution in [3.63, 3.8) is 0 Å². The van der Waals surface area contributed by atoms with Gasteiger partial charge in [-0.3, -0.25) is 19.2 Å². The van der Waals surface area contributed by atoms with Crippen LogP contribution in [-0.4, -0.2) is 141 Å². The predicted molar refractivity (Wildman–Crippen MR) is 390 cm³/mol. The van der Waals surface area contributed by atoms with E-state index in [0.29, 0.717) is 48.9 Å². The van der Waals surface area contributed by atoms with Crippen molar-refractivity contribution in [2.24, 2.45) is 10.8 Å². The third kappa shape index (κ3) is 18.8. The SMILES string of the molecule is CN[C@@H](C)C(=S)N[C@H]1CCS[C@H]2CC(C)(C)[C@@H](C(=O)N[C@H]3c4ccccc4C[C@H]3OCCCCO[C@@H]3Cc4ccccc4[C@@H]3NC(=O)[C@H]3N4C(=O)[C@@H](NC(=S)[C@H](C)NC)CCS[C@H]4CC3(C)C)N2C1=O.S.S.S.S.S.S.S.S.S.S. The first-order valence-corrected chi connectivity index (χ1v) is 28.2. The molecule has 2 aromatic carbocycles. The van der Waals surface area contributed by atoms with Crippen molar-refractivity contribution in [3.8, 4) is 0 Å². The highest BCUT2D eigenvalue weighted by Crippen LogP contribution is 2.48. The molecule has 0 saturated carbocycles. The molecule has 4 fully saturated rings. The van der Waals surface area contributed by atoms with E-state index in [4.69, 9.17) is 33.9 Å². The van der Waals surface area contributed by atoms with E-state index in [9.17, 15) is 19.2 Å². The van der Waals surface area contributed by atoms with Gasteiger partial charge in [-0.1, -0.05) is 101 Å². The summed E-state index contributed by atoms with van der Waals surface area (Å²) >= 11 is 14.8. The van der Waals surface area contributed by atoms with Crippen molar-refractivity contribution in [2.45, 2.75) is 164 Å². The Hall–Kier alpha value is 0.140. The minimum absolute atomic E-state index is 0. The van der Waals surface area contributed by atoms with Crippen LogP contribution in [0.25, 0.3) is 0 Å². The van der Waals surface area contributed by atoms with Crippen molar-refractivity contribution < 1.29 is 28.7 Å². The topological polar surface area (TPSA) is 165 Å². The maximum Gasteiger partial charge on any atom is 0.246 e. The van der Waals surface area contributed by atoms with Crippen molar-refractivity contribution in [2.75, 3.05) is 38.8 Å². The Bertz CT molecular complexity index is 2160. The number of thiocarbonyl (C=S) groups is 2. The van der Waals surface area contributed by atoms with Crippen LogP contribution in [0.15, 0.2) is 48.5 Å². The maximum absolute atomic E-state index is 14.7. The highest BCUT2D eigenvalue weighted by atomic mass is 32.2. The van der Waals surface area contributed by atoms with Crippen LogP contribution in [0.2, 0.25) is 0 Å². The van der Waals surface area contributed by atoms with Crippen molar-refractivity contribution in [1.82, 2.24) is 41.7 Å². The summed E-state index contributed by atoms with van der Waals surface area (Å²) in [4.78, 5) is 62.8. The van der Waals surface area contributed by atoms with Crippen molar-refractivity contribution in [3.05, 3.63) is 70.8 Å². The molecule has 0 aromatic heterocycles. The fourth-order valence-electron chi connectivity index (χ4n) is 11.5. The van der Waals surface area contributed by atoms with E-state index in [1.165, 1.54) is 0 Å². The predicted octanol–water partition coefficient (Wildman–Crippen LogP) is 6.46. The second kappa shape index (κ2) is 37.1. The molecule has 14 nitrogen and oxygen atoms in total. The summed E-state index contributed by atoms with van der Waals surface area (Å²) in [5.41, 5.74) is 3.49. The number of nitrogens with zero attached hydrogens (tertiary/aromatic N) is 2. The number of carbonyl (C=O) groups excluding carboxylic acids is 4. The number of benzene rings is 2. The lowest BCUT2D eigenvalue weighted by Crippen LogP contribution is -2.58. The zero-order valence-corrected chi connectivity index (χ0v) is 60.3. The first-order valence-electron chi connectivity index (χ1n) is 25.3. The van der Waals surface area contributed by atoms with Crippen LogP contribution in [0, 0.1) is 10.8 Å². The lowest BCUT2D eigenvalue weighted by atomic mass is 9.83. The summed E-state index contributed by atoms with van der Waals surface area (Å²) < 4.78 is 13.3. The molecule has 2 aliphatic carbocycles. The van der Waals surface area contributed by atoms with Gasteiger partial charge in [-0.2, -0.15) is 135 Å². The van der Waals surface area contributed by atoms with Crippen LogP contribution in [0.5, 0.6) is 0 Å². The minimum atomic E-state index is -0.653. The number of hydrogen-bond acceptors (Lipinski definition) is 12. The number of unbranched alkanes of at least 4 members (excludes halogenated alkanes) is 1. The monoisotopic (exact) mass is 1370 g/mol. The summed E-state index contributed by atoms with van der Waals surface area (Å²) in [6.45, 7) is 13.3. The molecule has 0 unspecified atom stereocenters. The van der Waals surface area contributed by atoms with Crippen LogP contribution in [0.1, 0.15) is 114 Å². The van der Waals surface area contributed by atoms with E-state index in [0.717, 1.165) is 59.4 Å². The van der Waals surface area contributed by atoms with Crippen LogP contribution >= 0.6 is 183 Å². The largest absolute Gasteiger partial charge is 0.375 e. The van der Waals surface area contributed by atoms with E-state index in [1.807, 2.05) is 62.0 Å². The summed E-state index contributed by atoms with van der Waals surface area (Å²) in [6, 6.07) is 13.2. The number of nitrogens with one attached hydrogen (secondary N) is 6. The number of amides is 4. The van der Waals surface area contributed by atoms with E-state index in [2.05, 4.69) is 83.9 Å². The van der Waals surface area contributed by atoms with Crippen LogP contribution < -0.4 is 31.9 Å². The molecule has 4 saturated heterocycles. The van der Waals surface area contributed by atoms with Crippen molar-refractivity contribution in [1.29, 1.82) is 0 Å². The summed E-state index contributed by atoms with van der Waals surface area (Å²) in [5.74, 6) is 1.11. The third-order valence-electron chi connectivity index (χ3n) is 15.5. The molecule has 28 heteroatoms. The Balaban J connectivity index is -0.00000593. The fraction of sp³-hybridized carbons (Fsp3) is 0.654. The molecule has 0 spiro atoms. The molecule has 6 aliphatic rings. The number of thioether (sulfide) groups is 2. The van der Waals surface area contributed by atoms with E-state index in [-0.39, 0.29) is 206 Å². The molecule has 2 aromatic rings. The Morgan fingerprint density at radius 2 is 0.925 bits per heavy atom. The van der Waals surface area contributed by atoms with Gasteiger partial charge in [0.05, 0.1) is 57.1 Å². The number of fused-ring (bicyclic) bond motifs is 4. The highest BCUT2D eigenvalue weighted by molar-refractivity contribution is 8.00. The van der Waals surface area contributed by atoms with Gasteiger partial charge in [-0.25, -0.2) is 0 Å². The van der Waals surface area contributed by atoms with Gasteiger partial charge in [0.25, 0.3) is 0 Å². The van der Waals surface area contributed by atoms with E-state index < -0.39 is 35.0 Å². The Labute approximate surface area is 566 Å². The van der Waals surface area contributed by atoms with Gasteiger partial charge in [0.15, 0.2) is 0 Å². The lowest BCUT2D eigenvalue weighted by molar-refractivity contribution is -0.143. The van der Waals surface area contributed by atoms with E-state index >= 15 is 0 Å². The Morgan fingerprint density at radius 3 is 1.26 bits per heavy atom. The number of carbonyl (C=O) groups is 4. The molecule has 4 aliphatic heterocycles. The maximum atomic E-state index is 14.7. The molecular formula is C52H94N8O6S14. The molecule has 0 radical (unpaired) electrons. The molecule has 4 heterocycles. The highest BCUT2D eigenvalue weighted by Gasteiger charge is 2.57. The molecule has 12 atom stereocenters. The number of hydrogen-bond donors (Lipinski definition) is 6. The smallest absolute Gasteiger partial charge is 0.246 e. The fourth-order valence-corrected chi connectivity index (χ4v) is 15.1. The zero-order chi connectivity index (χ0) is 50.1. The van der Waals surface area contributed by atoms with Gasteiger partial charge in [-0.15, -0.1) is 23.5 Å². The number of likely N-dealkylation sites (N-methyl/N-ethyl adjacent to an activating group) is 2. The molecular weight excluding hydrogens is 1280 g/mol. The summed E-state index contributed by atoms with van der Waals surface area (Å²) in [7, 11) is 3.69. The van der Waals surface area contributed by atoms with E-state index in [1.54, 1.807) is 23.5 Å². The Kier molecular flexibility index (Phi) is 39.1. The second-order valence-corrected chi connectivity index (χ2v) is 24.8. The van der Waals surface area contributed by atoms with Crippen LogP contribution in [0.4, 0.5) is 0 Å². The Morgan fingerprint density at radius 1 is 0.588 bits per heavy atom. The van der Waals surface area contributed by atoms with Gasteiger partial charge in [0.1, 0.15) is 24.2 Å². The van der Waals surface area contributed by atoms with Crippen LogP contribution in [-0.2, 0) is 41.5 Å². The third-order valence-corrected chi connectivity index (χ3v) is 19.0. The first kappa shape index (κ1) is 84.3. The molecule has 0 bridgehead atoms. The van der Waals surface area contributed by atoms with Gasteiger partial charge >= 0.3 is 0 Å². The quantitative estimate of drug-likeness (QED) is 0.0756. The number of ether oxygens (including phenoxy) is 2. The van der Waals surface area contributed by atoms with Crippen molar-refractivity contribution >= 4 is 217 Å². The standard InChI is InChI=1S/C52H74N8O6S4.10H2S/c1-29(53-7)47(67)55-35-19-23-69-39-27-51(3,4)43(59(39)49(35)63)45(61)57-41-33-17-11-9-15-31(33)25-37(41)65-21-13-14-22-66-38-26-32-16-10-12-18-34(32)42(38)58-46(62)44-52(5,6)28-40-60(44)50(64)36(20-24-70-40)56-48(68)30(2)54-8;;;;;;;;;;/h9-12,15-18,29-30,35-44,53-54H,13-14,19-28H2,1-8H3,(H,55,67)(H,56,68)(H,57,61)(H,58,62);10*1H2/t29-,30-,35-,36-,37+,38+,39-,40-,41-,42-,43+,44+;;;;;;;;;;/m0........../s1. The number of rotatable bonds is 17. The normalized spacial score (nSPS) is 26.7. The van der Waals surface area contributed by atoms with Gasteiger partial charge < -0.3 is 51.2 Å². The average Bonchev–Trinajstić information content (AvgIpc) is 3.97. The molecule has 80 heavy (non-hydrogen) atoms. The average molecular weight is 1380 g/mol. The lowest BCUT2D eigenvalue weighted by Gasteiger charge is -2.35. The van der Waals surface area contributed by atoms with Gasteiger partial charge in [-0.05, 0) is 111 Å². The zero-order valence-electron chi connectivity index (χ0n) is 47.0. The second-order valence-electron chi connectivity index (χ2n) is 21.4. The minimum Gasteiger partial charge on any atom is -0.375 e. The summed E-state index contributed by atoms with van der Waals surface area (Å²) in [6.07, 6.45) is 4.98. The molecule has 8 rings (SSSR count). The van der Waals surface area contributed by atoms with Gasteiger partial charge in [0, 0.05) is 26.1 Å².